The van der Waals surface area contributed by atoms with E-state index >= 15 is 0 Å². The fourth-order valence-corrected chi connectivity index (χ4v) is 4.51. The molecule has 0 spiro atoms. The highest BCUT2D eigenvalue weighted by Gasteiger charge is 2.34. The number of fused-ring (bicyclic) bond motifs is 1. The third kappa shape index (κ3) is 2.79. The van der Waals surface area contributed by atoms with Crippen LogP contribution >= 0.6 is 34.4 Å². The summed E-state index contributed by atoms with van der Waals surface area (Å²) in [5.41, 5.74) is 0.888. The lowest BCUT2D eigenvalue weighted by Gasteiger charge is -2.13. The van der Waals surface area contributed by atoms with Crippen LogP contribution in [0.15, 0.2) is 11.4 Å². The van der Waals surface area contributed by atoms with Crippen LogP contribution in [0.25, 0.3) is 11.0 Å². The van der Waals surface area contributed by atoms with Gasteiger partial charge in [-0.1, -0.05) is 20.8 Å². The van der Waals surface area contributed by atoms with Gasteiger partial charge in [-0.3, -0.25) is 0 Å². The van der Waals surface area contributed by atoms with E-state index in [2.05, 4.69) is 58.4 Å². The van der Waals surface area contributed by atoms with Crippen molar-refractivity contribution in [3.63, 3.8) is 0 Å². The highest BCUT2D eigenvalue weighted by molar-refractivity contribution is 14.1. The molecule has 1 saturated heterocycles. The van der Waals surface area contributed by atoms with Crippen LogP contribution in [-0.4, -0.2) is 31.6 Å². The van der Waals surface area contributed by atoms with Crippen molar-refractivity contribution in [2.75, 3.05) is 5.75 Å². The van der Waals surface area contributed by atoms with Crippen molar-refractivity contribution in [2.24, 2.45) is 5.92 Å². The molecule has 0 radical (unpaired) electrons. The van der Waals surface area contributed by atoms with Crippen LogP contribution in [0.5, 0.6) is 0 Å². The van der Waals surface area contributed by atoms with Crippen molar-refractivity contribution in [1.29, 1.82) is 0 Å². The number of ether oxygens (including phenoxy) is 1. The van der Waals surface area contributed by atoms with Gasteiger partial charge >= 0.3 is 0 Å². The number of hydrogen-bond donors (Lipinski definition) is 0. The summed E-state index contributed by atoms with van der Waals surface area (Å²) in [6.45, 7) is 6.55. The third-order valence-electron chi connectivity index (χ3n) is 3.91. The zero-order valence-electron chi connectivity index (χ0n) is 12.4. The van der Waals surface area contributed by atoms with Gasteiger partial charge in [0.15, 0.2) is 11.9 Å². The Kier molecular flexibility index (Phi) is 4.70. The second-order valence-corrected chi connectivity index (χ2v) is 7.57. The zero-order chi connectivity index (χ0) is 15.0. The summed E-state index contributed by atoms with van der Waals surface area (Å²) in [7, 11) is 0. The maximum atomic E-state index is 6.16. The average Bonchev–Trinajstić information content (AvgIpc) is 3.01. The van der Waals surface area contributed by atoms with Crippen LogP contribution in [0, 0.1) is 9.62 Å². The molecule has 3 heterocycles. The molecule has 2 aromatic heterocycles. The van der Waals surface area contributed by atoms with E-state index in [4.69, 9.17) is 4.74 Å². The minimum absolute atomic E-state index is 0.00894. The summed E-state index contributed by atoms with van der Waals surface area (Å²) in [6, 6.07) is 0. The van der Waals surface area contributed by atoms with Crippen LogP contribution in [-0.2, 0) is 4.74 Å². The van der Waals surface area contributed by atoms with Crippen molar-refractivity contribution in [1.82, 2.24) is 19.7 Å². The van der Waals surface area contributed by atoms with E-state index in [-0.39, 0.29) is 6.23 Å². The lowest BCUT2D eigenvalue weighted by Crippen LogP contribution is -2.13. The standard InChI is InChI=1S/C14H19IN4OS/c1-4-9-8(3)6-10(20-9)19-13-11(12(15)18-19)14(21-5-2)17-7-16-13/h7-10H,4-6H2,1-3H3. The Morgan fingerprint density at radius 1 is 1.43 bits per heavy atom. The van der Waals surface area contributed by atoms with Crippen molar-refractivity contribution in [3.8, 4) is 0 Å². The molecule has 114 valence electrons. The van der Waals surface area contributed by atoms with Gasteiger partial charge in [-0.25, -0.2) is 14.6 Å². The largest absolute Gasteiger partial charge is 0.353 e. The first-order valence-electron chi connectivity index (χ1n) is 7.32. The van der Waals surface area contributed by atoms with Crippen LogP contribution < -0.4 is 0 Å². The highest BCUT2D eigenvalue weighted by atomic mass is 127. The van der Waals surface area contributed by atoms with Crippen LogP contribution in [0.1, 0.15) is 39.8 Å². The Balaban J connectivity index is 2.03. The molecule has 2 aromatic rings. The minimum atomic E-state index is -0.00894. The van der Waals surface area contributed by atoms with Gasteiger partial charge in [0.25, 0.3) is 0 Å². The third-order valence-corrected chi connectivity index (χ3v) is 5.53. The molecule has 1 fully saturated rings. The number of aromatic nitrogens is 4. The molecule has 3 rings (SSSR count). The molecule has 21 heavy (non-hydrogen) atoms. The van der Waals surface area contributed by atoms with E-state index in [1.165, 1.54) is 0 Å². The van der Waals surface area contributed by atoms with E-state index in [0.717, 1.165) is 38.4 Å². The Morgan fingerprint density at radius 3 is 2.90 bits per heavy atom. The van der Waals surface area contributed by atoms with Crippen LogP contribution in [0.3, 0.4) is 0 Å². The van der Waals surface area contributed by atoms with Gasteiger partial charge < -0.3 is 4.74 Å². The van der Waals surface area contributed by atoms with Crippen molar-refractivity contribution >= 4 is 45.4 Å². The average molecular weight is 418 g/mol. The second-order valence-electron chi connectivity index (χ2n) is 5.30. The summed E-state index contributed by atoms with van der Waals surface area (Å²) in [4.78, 5) is 8.85. The van der Waals surface area contributed by atoms with E-state index in [9.17, 15) is 0 Å². The summed E-state index contributed by atoms with van der Waals surface area (Å²) in [5.74, 6) is 1.55. The maximum Gasteiger partial charge on any atom is 0.166 e. The van der Waals surface area contributed by atoms with Gasteiger partial charge in [-0.2, -0.15) is 5.10 Å². The van der Waals surface area contributed by atoms with E-state index in [1.807, 2.05) is 4.68 Å². The second kappa shape index (κ2) is 6.37. The molecule has 0 saturated carbocycles. The zero-order valence-corrected chi connectivity index (χ0v) is 15.4. The number of thioether (sulfide) groups is 1. The molecule has 1 aliphatic rings. The molecule has 0 aromatic carbocycles. The predicted molar refractivity (Wildman–Crippen MR) is 92.4 cm³/mol. The molecule has 0 aliphatic carbocycles. The Labute approximate surface area is 142 Å². The molecule has 5 nitrogen and oxygen atoms in total. The van der Waals surface area contributed by atoms with Gasteiger partial charge in [-0.05, 0) is 47.1 Å². The van der Waals surface area contributed by atoms with Crippen molar-refractivity contribution < 1.29 is 4.74 Å². The molecular formula is C14H19IN4OS. The number of hydrogen-bond acceptors (Lipinski definition) is 5. The maximum absolute atomic E-state index is 6.16. The number of rotatable bonds is 4. The lowest BCUT2D eigenvalue weighted by molar-refractivity contribution is -0.00965. The van der Waals surface area contributed by atoms with Gasteiger partial charge in [0.1, 0.15) is 15.1 Å². The molecule has 0 bridgehead atoms. The molecular weight excluding hydrogens is 399 g/mol. The van der Waals surface area contributed by atoms with Gasteiger partial charge in [0.2, 0.25) is 0 Å². The fraction of sp³-hybridized carbons (Fsp3) is 0.643. The Hall–Kier alpha value is -0.410. The number of nitrogens with zero attached hydrogens (tertiary/aromatic N) is 4. The Bertz CT molecular complexity index is 647. The van der Waals surface area contributed by atoms with Crippen molar-refractivity contribution in [3.05, 3.63) is 10.0 Å². The van der Waals surface area contributed by atoms with Gasteiger partial charge in [-0.15, -0.1) is 11.8 Å². The predicted octanol–water partition coefficient (Wildman–Crippen LogP) is 3.88. The molecule has 7 heteroatoms. The topological polar surface area (TPSA) is 52.8 Å². The molecule has 0 N–H and O–H groups in total. The van der Waals surface area contributed by atoms with E-state index < -0.39 is 0 Å². The summed E-state index contributed by atoms with van der Waals surface area (Å²) >= 11 is 4.00. The molecule has 3 atom stereocenters. The van der Waals surface area contributed by atoms with Crippen molar-refractivity contribution in [2.45, 2.75) is 51.0 Å². The van der Waals surface area contributed by atoms with E-state index in [0.29, 0.717) is 12.0 Å². The molecule has 3 unspecified atom stereocenters. The number of halogens is 1. The first-order valence-corrected chi connectivity index (χ1v) is 9.39. The van der Waals surface area contributed by atoms with E-state index in [1.54, 1.807) is 18.1 Å². The summed E-state index contributed by atoms with van der Waals surface area (Å²) in [5, 5.41) is 6.75. The highest BCUT2D eigenvalue weighted by Crippen LogP contribution is 2.37. The quantitative estimate of drug-likeness (QED) is 0.429. The normalized spacial score (nSPS) is 25.8. The van der Waals surface area contributed by atoms with Crippen LogP contribution in [0.4, 0.5) is 0 Å². The Morgan fingerprint density at radius 2 is 2.24 bits per heavy atom. The molecule has 1 aliphatic heterocycles. The first-order chi connectivity index (χ1) is 10.2. The first kappa shape index (κ1) is 15.5. The lowest BCUT2D eigenvalue weighted by atomic mass is 10.0. The monoisotopic (exact) mass is 418 g/mol. The minimum Gasteiger partial charge on any atom is -0.353 e. The summed E-state index contributed by atoms with van der Waals surface area (Å²) in [6.07, 6.45) is 3.97. The summed E-state index contributed by atoms with van der Waals surface area (Å²) < 4.78 is 9.06. The fourth-order valence-electron chi connectivity index (χ4n) is 2.87. The van der Waals surface area contributed by atoms with Crippen LogP contribution in [0.2, 0.25) is 0 Å². The van der Waals surface area contributed by atoms with Gasteiger partial charge in [0, 0.05) is 0 Å². The molecule has 0 amide bonds. The van der Waals surface area contributed by atoms with Gasteiger partial charge in [0.05, 0.1) is 11.5 Å². The SMILES string of the molecule is CCSc1ncnc2c1c(I)nn2C1CC(C)C(CC)O1. The smallest absolute Gasteiger partial charge is 0.166 e.